The van der Waals surface area contributed by atoms with Crippen molar-refractivity contribution in [1.82, 2.24) is 0 Å². The van der Waals surface area contributed by atoms with Crippen molar-refractivity contribution in [2.24, 2.45) is 0 Å². The van der Waals surface area contributed by atoms with Crippen LogP contribution in [-0.2, 0) is 0 Å². The highest BCUT2D eigenvalue weighted by Crippen LogP contribution is 2.21. The monoisotopic (exact) mass is 246 g/mol. The van der Waals surface area contributed by atoms with Crippen molar-refractivity contribution in [3.8, 4) is 5.75 Å². The fraction of sp³-hybridized carbons (Fsp3) is 0.250. The van der Waals surface area contributed by atoms with Gasteiger partial charge in [-0.05, 0) is 25.5 Å². The molecule has 0 aliphatic carbocycles. The third kappa shape index (κ3) is 3.88. The van der Waals surface area contributed by atoms with E-state index in [2.05, 4.69) is 0 Å². The van der Waals surface area contributed by atoms with Gasteiger partial charge in [0.15, 0.2) is 0 Å². The normalized spacial score (nSPS) is 13.1. The second-order valence-corrected chi connectivity index (χ2v) is 3.78. The summed E-state index contributed by atoms with van der Waals surface area (Å²) < 4.78 is 18.9. The van der Waals surface area contributed by atoms with Gasteiger partial charge in [0.2, 0.25) is 0 Å². The van der Waals surface area contributed by atoms with Crippen LogP contribution < -0.4 is 4.74 Å². The Morgan fingerprint density at radius 2 is 2.06 bits per heavy atom. The smallest absolute Gasteiger partial charge is 0.126 e. The van der Waals surface area contributed by atoms with Gasteiger partial charge in [-0.3, -0.25) is 0 Å². The first-order valence-electron chi connectivity index (χ1n) is 6.06. The quantitative estimate of drug-likeness (QED) is 0.670. The van der Waals surface area contributed by atoms with E-state index in [0.29, 0.717) is 12.0 Å². The number of para-hydroxylation sites is 1. The van der Waals surface area contributed by atoms with Gasteiger partial charge < -0.3 is 4.74 Å². The summed E-state index contributed by atoms with van der Waals surface area (Å²) in [4.78, 5) is 0. The molecule has 0 aliphatic rings. The lowest BCUT2D eigenvalue weighted by molar-refractivity contribution is 0.414. The van der Waals surface area contributed by atoms with E-state index in [-0.39, 0.29) is 5.83 Å². The Morgan fingerprint density at radius 1 is 1.33 bits per heavy atom. The van der Waals surface area contributed by atoms with Gasteiger partial charge in [-0.15, -0.1) is 0 Å². The van der Waals surface area contributed by atoms with E-state index in [9.17, 15) is 4.39 Å². The average Bonchev–Trinajstić information content (AvgIpc) is 2.40. The Balaban J connectivity index is 2.95. The number of hydrogen-bond donors (Lipinski definition) is 0. The highest BCUT2D eigenvalue weighted by Gasteiger charge is 2.00. The summed E-state index contributed by atoms with van der Waals surface area (Å²) in [7, 11) is 1.63. The van der Waals surface area contributed by atoms with Gasteiger partial charge in [0.05, 0.1) is 7.11 Å². The molecule has 96 valence electrons. The molecule has 0 N–H and O–H groups in total. The molecular weight excluding hydrogens is 227 g/mol. The molecule has 0 atom stereocenters. The molecule has 18 heavy (non-hydrogen) atoms. The summed E-state index contributed by atoms with van der Waals surface area (Å²) in [5, 5.41) is 0. The molecule has 2 heteroatoms. The van der Waals surface area contributed by atoms with Gasteiger partial charge in [-0.1, -0.05) is 43.4 Å². The van der Waals surface area contributed by atoms with E-state index >= 15 is 0 Å². The zero-order valence-electron chi connectivity index (χ0n) is 11.1. The number of ether oxygens (including phenoxy) is 1. The van der Waals surface area contributed by atoms with E-state index in [1.165, 1.54) is 0 Å². The third-order valence-electron chi connectivity index (χ3n) is 2.55. The molecule has 0 heterocycles. The predicted molar refractivity (Wildman–Crippen MR) is 75.3 cm³/mol. The van der Waals surface area contributed by atoms with Crippen molar-refractivity contribution >= 4 is 6.08 Å². The summed E-state index contributed by atoms with van der Waals surface area (Å²) in [5.74, 6) is 0.593. The lowest BCUT2D eigenvalue weighted by atomic mass is 10.1. The molecule has 0 aromatic heterocycles. The minimum absolute atomic E-state index is 0.189. The topological polar surface area (TPSA) is 9.23 Å². The molecule has 1 nitrogen and oxygen atoms in total. The van der Waals surface area contributed by atoms with Crippen molar-refractivity contribution in [3.63, 3.8) is 0 Å². The lowest BCUT2D eigenvalue weighted by Gasteiger charge is -2.04. The molecule has 0 unspecified atom stereocenters. The number of hydrogen-bond acceptors (Lipinski definition) is 1. The predicted octanol–water partition coefficient (Wildman–Crippen LogP) is 4.92. The van der Waals surface area contributed by atoms with E-state index in [4.69, 9.17) is 4.74 Å². The average molecular weight is 246 g/mol. The van der Waals surface area contributed by atoms with Crippen LogP contribution in [0, 0.1) is 0 Å². The van der Waals surface area contributed by atoms with Crippen LogP contribution in [0.2, 0.25) is 0 Å². The maximum Gasteiger partial charge on any atom is 0.126 e. The first kappa shape index (κ1) is 14.2. The first-order chi connectivity index (χ1) is 8.72. The van der Waals surface area contributed by atoms with E-state index in [1.54, 1.807) is 25.3 Å². The minimum atomic E-state index is -0.189. The van der Waals surface area contributed by atoms with Gasteiger partial charge in [0.25, 0.3) is 0 Å². The molecule has 0 fully saturated rings. The van der Waals surface area contributed by atoms with Crippen LogP contribution in [0.1, 0.15) is 25.8 Å². The van der Waals surface area contributed by atoms with Crippen molar-refractivity contribution in [2.75, 3.05) is 7.11 Å². The standard InChI is InChI=1S/C16H19FO/c1-4-8-15(17)13(5-2)11-12-14-9-6-7-10-16(14)18-3/h5-12H,4H2,1-3H3/b12-11+,13-5-,15-8+. The minimum Gasteiger partial charge on any atom is -0.496 e. The zero-order valence-corrected chi connectivity index (χ0v) is 11.1. The number of halogens is 1. The van der Waals surface area contributed by atoms with Crippen LogP contribution in [0.25, 0.3) is 6.08 Å². The van der Waals surface area contributed by atoms with Crippen molar-refractivity contribution in [1.29, 1.82) is 0 Å². The largest absolute Gasteiger partial charge is 0.496 e. The molecule has 1 aromatic rings. The highest BCUT2D eigenvalue weighted by atomic mass is 19.1. The molecule has 0 bridgehead atoms. The summed E-state index contributed by atoms with van der Waals surface area (Å²) in [6, 6.07) is 7.65. The number of allylic oxidation sites excluding steroid dienone is 5. The van der Waals surface area contributed by atoms with Gasteiger partial charge in [-0.2, -0.15) is 0 Å². The Kier molecular flexibility index (Phi) is 5.92. The molecule has 0 saturated heterocycles. The van der Waals surface area contributed by atoms with Crippen LogP contribution in [0.5, 0.6) is 5.75 Å². The maximum atomic E-state index is 13.7. The van der Waals surface area contributed by atoms with Crippen molar-refractivity contribution in [2.45, 2.75) is 20.3 Å². The van der Waals surface area contributed by atoms with E-state index in [0.717, 1.165) is 11.3 Å². The fourth-order valence-electron chi connectivity index (χ4n) is 1.59. The molecule has 1 rings (SSSR count). The first-order valence-corrected chi connectivity index (χ1v) is 6.06. The second-order valence-electron chi connectivity index (χ2n) is 3.78. The SMILES string of the molecule is C/C=C(/C=C/c1ccccc1OC)C(\F)=C/CC. The van der Waals surface area contributed by atoms with Crippen LogP contribution in [-0.4, -0.2) is 7.11 Å². The third-order valence-corrected chi connectivity index (χ3v) is 2.55. The van der Waals surface area contributed by atoms with Gasteiger partial charge in [0, 0.05) is 11.1 Å². The fourth-order valence-corrected chi connectivity index (χ4v) is 1.59. The van der Waals surface area contributed by atoms with E-state index < -0.39 is 0 Å². The summed E-state index contributed by atoms with van der Waals surface area (Å²) in [5.41, 5.74) is 1.52. The number of methoxy groups -OCH3 is 1. The Bertz CT molecular complexity index is 470. The molecule has 0 spiro atoms. The van der Waals surface area contributed by atoms with Crippen molar-refractivity contribution in [3.05, 3.63) is 59.5 Å². The van der Waals surface area contributed by atoms with Crippen LogP contribution in [0.3, 0.4) is 0 Å². The zero-order chi connectivity index (χ0) is 13.4. The molecule has 0 saturated carbocycles. The maximum absolute atomic E-state index is 13.7. The van der Waals surface area contributed by atoms with Gasteiger partial charge in [0.1, 0.15) is 11.6 Å². The molecule has 1 aromatic carbocycles. The molecule has 0 aliphatic heterocycles. The van der Waals surface area contributed by atoms with E-state index in [1.807, 2.05) is 44.2 Å². The highest BCUT2D eigenvalue weighted by molar-refractivity contribution is 5.61. The Labute approximate surface area is 108 Å². The van der Waals surface area contributed by atoms with Crippen molar-refractivity contribution < 1.29 is 9.13 Å². The Hall–Kier alpha value is -1.83. The molecular formula is C16H19FO. The van der Waals surface area contributed by atoms with Crippen LogP contribution in [0.15, 0.2) is 53.9 Å². The summed E-state index contributed by atoms with van der Waals surface area (Å²) >= 11 is 0. The molecule has 0 amide bonds. The summed E-state index contributed by atoms with van der Waals surface area (Å²) in [6.45, 7) is 3.74. The molecule has 0 radical (unpaired) electrons. The second kappa shape index (κ2) is 7.49. The van der Waals surface area contributed by atoms with Gasteiger partial charge >= 0.3 is 0 Å². The Morgan fingerprint density at radius 3 is 2.67 bits per heavy atom. The number of rotatable bonds is 5. The lowest BCUT2D eigenvalue weighted by Crippen LogP contribution is -1.86. The van der Waals surface area contributed by atoms with Crippen LogP contribution in [0.4, 0.5) is 4.39 Å². The van der Waals surface area contributed by atoms with Gasteiger partial charge in [-0.25, -0.2) is 4.39 Å². The number of benzene rings is 1. The summed E-state index contributed by atoms with van der Waals surface area (Å²) in [6.07, 6.45) is 7.64. The van der Waals surface area contributed by atoms with Crippen LogP contribution >= 0.6 is 0 Å².